The number of hydrogen-bond donors (Lipinski definition) is 1. The van der Waals surface area contributed by atoms with Crippen molar-refractivity contribution in [3.63, 3.8) is 0 Å². The van der Waals surface area contributed by atoms with Gasteiger partial charge in [-0.25, -0.2) is 13.4 Å². The molecule has 0 saturated heterocycles. The zero-order chi connectivity index (χ0) is 13.1. The van der Waals surface area contributed by atoms with Gasteiger partial charge in [0.2, 0.25) is 0 Å². The highest BCUT2D eigenvalue weighted by Gasteiger charge is 2.23. The summed E-state index contributed by atoms with van der Waals surface area (Å²) in [4.78, 5) is 4.21. The Balaban J connectivity index is 0.000000557. The number of hydrogen-bond acceptors (Lipinski definition) is 4. The molecule has 1 aliphatic heterocycles. The lowest BCUT2D eigenvalue weighted by Gasteiger charge is -2.27. The maximum Gasteiger partial charge on any atom is 0.194 e. The van der Waals surface area contributed by atoms with Crippen LogP contribution in [0.4, 0.5) is 0 Å². The predicted molar refractivity (Wildman–Crippen MR) is 68.5 cm³/mol. The van der Waals surface area contributed by atoms with Gasteiger partial charge in [0.05, 0.1) is 30.3 Å². The van der Waals surface area contributed by atoms with Gasteiger partial charge in [0.1, 0.15) is 6.20 Å². The first-order chi connectivity index (χ1) is 8.06. The Labute approximate surface area is 105 Å². The van der Waals surface area contributed by atoms with Crippen LogP contribution in [-0.2, 0) is 11.0 Å². The largest absolute Gasteiger partial charge is 0.750 e. The van der Waals surface area contributed by atoms with E-state index in [2.05, 4.69) is 31.4 Å². The topological polar surface area (TPSA) is 69.6 Å². The second kappa shape index (κ2) is 9.32. The molecule has 6 heteroatoms. The molecule has 0 atom stereocenters. The van der Waals surface area contributed by atoms with Crippen LogP contribution in [0.5, 0.6) is 0 Å². The Kier molecular flexibility index (Phi) is 8.93. The lowest BCUT2D eigenvalue weighted by molar-refractivity contribution is -0.780. The quantitative estimate of drug-likeness (QED) is 0.449. The molecule has 1 rings (SSSR count). The van der Waals surface area contributed by atoms with Crippen LogP contribution in [0.2, 0.25) is 0 Å². The minimum atomic E-state index is -3.37. The fourth-order valence-corrected chi connectivity index (χ4v) is 1.66. The van der Waals surface area contributed by atoms with Gasteiger partial charge in [-0.15, -0.1) is 0 Å². The second-order valence-electron chi connectivity index (χ2n) is 4.04. The van der Waals surface area contributed by atoms with Crippen LogP contribution in [0.3, 0.4) is 0 Å². The average Bonchev–Trinajstić information content (AvgIpc) is 2.72. The van der Waals surface area contributed by atoms with E-state index in [1.165, 1.54) is 38.8 Å². The van der Waals surface area contributed by atoms with E-state index in [1.54, 1.807) is 0 Å². The van der Waals surface area contributed by atoms with Crippen LogP contribution in [0.25, 0.3) is 0 Å². The molecule has 0 saturated carbocycles. The predicted octanol–water partition coefficient (Wildman–Crippen LogP) is 1.64. The third-order valence-electron chi connectivity index (χ3n) is 2.60. The molecule has 0 aromatic heterocycles. The standard InChI is InChI=1S/C11H21N2.H2O3S/c1-3-5-8-13(9-6-4-2)10-7-12-11-13;1-4(2)3/h7,10-11H,3-6,8-9H2,1-2H3;4H,(H,1,2,3)/q+1;/p-1. The summed E-state index contributed by atoms with van der Waals surface area (Å²) in [7, 11) is -3.37. The SMILES string of the molecule is CCCC[N+]1(CCCC)C=CN=C1.O=[SH](=O)[O-]. The zero-order valence-electron chi connectivity index (χ0n) is 10.5. The minimum absolute atomic E-state index is 0.988. The monoisotopic (exact) mass is 262 g/mol. The number of thiol groups is 1. The fourth-order valence-electron chi connectivity index (χ4n) is 1.66. The van der Waals surface area contributed by atoms with Crippen molar-refractivity contribution in [2.24, 2.45) is 4.99 Å². The number of rotatable bonds is 6. The van der Waals surface area contributed by atoms with Crippen LogP contribution < -0.4 is 0 Å². The van der Waals surface area contributed by atoms with E-state index < -0.39 is 11.0 Å². The molecule has 0 N–H and O–H groups in total. The number of unbranched alkanes of at least 4 members (excludes halogenated alkanes) is 2. The van der Waals surface area contributed by atoms with Gasteiger partial charge in [0.15, 0.2) is 6.34 Å². The highest BCUT2D eigenvalue weighted by molar-refractivity contribution is 7.66. The van der Waals surface area contributed by atoms with E-state index in [-0.39, 0.29) is 0 Å². The van der Waals surface area contributed by atoms with Crippen molar-refractivity contribution in [3.05, 3.63) is 12.4 Å². The summed E-state index contributed by atoms with van der Waals surface area (Å²) in [5, 5.41) is 0. The van der Waals surface area contributed by atoms with E-state index in [0.29, 0.717) is 0 Å². The van der Waals surface area contributed by atoms with Crippen molar-refractivity contribution >= 4 is 17.3 Å². The summed E-state index contributed by atoms with van der Waals surface area (Å²) in [6.07, 6.45) is 11.4. The Bertz CT molecular complexity index is 295. The first-order valence-corrected chi connectivity index (χ1v) is 7.06. The molecule has 17 heavy (non-hydrogen) atoms. The van der Waals surface area contributed by atoms with Gasteiger partial charge in [-0.3, -0.25) is 4.48 Å². The molecule has 100 valence electrons. The first-order valence-electron chi connectivity index (χ1n) is 5.96. The van der Waals surface area contributed by atoms with Gasteiger partial charge in [0, 0.05) is 0 Å². The van der Waals surface area contributed by atoms with Crippen LogP contribution in [-0.4, -0.2) is 36.9 Å². The summed E-state index contributed by atoms with van der Waals surface area (Å²) in [6.45, 7) is 6.92. The highest BCUT2D eigenvalue weighted by Crippen LogP contribution is 2.14. The van der Waals surface area contributed by atoms with Gasteiger partial charge >= 0.3 is 0 Å². The summed E-state index contributed by atoms with van der Waals surface area (Å²) < 4.78 is 26.4. The number of quaternary nitrogens is 1. The third-order valence-corrected chi connectivity index (χ3v) is 2.60. The molecule has 0 amide bonds. The minimum Gasteiger partial charge on any atom is -0.750 e. The fraction of sp³-hybridized carbons (Fsp3) is 0.727. The van der Waals surface area contributed by atoms with Crippen LogP contribution in [0.1, 0.15) is 39.5 Å². The van der Waals surface area contributed by atoms with Crippen molar-refractivity contribution < 1.29 is 17.5 Å². The highest BCUT2D eigenvalue weighted by atomic mass is 32.2. The first kappa shape index (κ1) is 16.3. The summed E-state index contributed by atoms with van der Waals surface area (Å²) in [6, 6.07) is 0. The van der Waals surface area contributed by atoms with Crippen molar-refractivity contribution in [3.8, 4) is 0 Å². The molecule has 0 aliphatic carbocycles. The van der Waals surface area contributed by atoms with Crippen molar-refractivity contribution in [2.75, 3.05) is 13.1 Å². The number of aliphatic imine (C=N–C) groups is 1. The van der Waals surface area contributed by atoms with E-state index in [9.17, 15) is 0 Å². The van der Waals surface area contributed by atoms with Gasteiger partial charge in [-0.2, -0.15) is 0 Å². The molecule has 0 aromatic rings. The average molecular weight is 262 g/mol. The molecule has 0 fully saturated rings. The van der Waals surface area contributed by atoms with Gasteiger partial charge in [-0.1, -0.05) is 26.7 Å². The molecular formula is C11H22N2O3S. The van der Waals surface area contributed by atoms with Crippen molar-refractivity contribution in [1.82, 2.24) is 0 Å². The van der Waals surface area contributed by atoms with Crippen molar-refractivity contribution in [2.45, 2.75) is 39.5 Å². The summed E-state index contributed by atoms with van der Waals surface area (Å²) >= 11 is 0. The smallest absolute Gasteiger partial charge is 0.194 e. The van der Waals surface area contributed by atoms with Crippen LogP contribution in [0, 0.1) is 0 Å². The molecule has 0 aromatic carbocycles. The maximum absolute atomic E-state index is 8.48. The van der Waals surface area contributed by atoms with Crippen LogP contribution in [0.15, 0.2) is 17.4 Å². The van der Waals surface area contributed by atoms with Gasteiger partial charge in [0.25, 0.3) is 0 Å². The molecule has 0 bridgehead atoms. The zero-order valence-corrected chi connectivity index (χ0v) is 11.4. The molecular weight excluding hydrogens is 240 g/mol. The molecule has 1 aliphatic rings. The lowest BCUT2D eigenvalue weighted by atomic mass is 10.2. The third kappa shape index (κ3) is 8.06. The Hall–Kier alpha value is -0.720. The molecule has 1 heterocycles. The van der Waals surface area contributed by atoms with Crippen molar-refractivity contribution in [1.29, 1.82) is 0 Å². The second-order valence-corrected chi connectivity index (χ2v) is 4.49. The van der Waals surface area contributed by atoms with Crippen LogP contribution >= 0.6 is 0 Å². The van der Waals surface area contributed by atoms with E-state index >= 15 is 0 Å². The van der Waals surface area contributed by atoms with E-state index in [0.717, 1.165) is 4.48 Å². The lowest BCUT2D eigenvalue weighted by Crippen LogP contribution is -2.41. The normalized spacial score (nSPS) is 16.0. The molecule has 0 unspecified atom stereocenters. The number of nitrogens with zero attached hydrogens (tertiary/aromatic N) is 2. The van der Waals surface area contributed by atoms with E-state index in [1.807, 2.05) is 6.20 Å². The Morgan fingerprint density at radius 2 is 1.65 bits per heavy atom. The summed E-state index contributed by atoms with van der Waals surface area (Å²) in [5.41, 5.74) is 0. The maximum atomic E-state index is 8.48. The van der Waals surface area contributed by atoms with Gasteiger partial charge < -0.3 is 4.55 Å². The Morgan fingerprint density at radius 1 is 1.18 bits per heavy atom. The molecule has 0 spiro atoms. The Morgan fingerprint density at radius 3 is 1.94 bits per heavy atom. The molecule has 5 nitrogen and oxygen atoms in total. The molecule has 0 radical (unpaired) electrons. The van der Waals surface area contributed by atoms with Gasteiger partial charge in [-0.05, 0) is 12.8 Å². The summed E-state index contributed by atoms with van der Waals surface area (Å²) in [5.74, 6) is 0. The van der Waals surface area contributed by atoms with E-state index in [4.69, 9.17) is 13.0 Å².